The first-order chi connectivity index (χ1) is 5.81. The fourth-order valence-corrected chi connectivity index (χ4v) is 0.867. The van der Waals surface area contributed by atoms with Crippen LogP contribution in [0.3, 0.4) is 0 Å². The molecule has 4 heteroatoms. The summed E-state index contributed by atoms with van der Waals surface area (Å²) in [4.78, 5) is 0. The van der Waals surface area contributed by atoms with Gasteiger partial charge < -0.3 is 5.32 Å². The minimum absolute atomic E-state index is 0.0838. The number of nitrogens with zero attached hydrogens (tertiary/aromatic N) is 1. The van der Waals surface area contributed by atoms with Crippen molar-refractivity contribution >= 4 is 23.5 Å². The first-order valence-electron chi connectivity index (χ1n) is 4.42. The molecular weight excluding hydrogens is 182 g/mol. The fraction of sp³-hybridized carbons (Fsp3) is 0.778. The molecule has 0 aliphatic rings. The SMILES string of the molecule is CC(C)NC(=S)N/N=C/C(C)(C)C. The van der Waals surface area contributed by atoms with Crippen LogP contribution in [0, 0.1) is 5.41 Å². The van der Waals surface area contributed by atoms with Crippen LogP contribution < -0.4 is 10.7 Å². The van der Waals surface area contributed by atoms with Crippen LogP contribution in [-0.4, -0.2) is 17.4 Å². The summed E-state index contributed by atoms with van der Waals surface area (Å²) in [6.07, 6.45) is 1.83. The zero-order valence-corrected chi connectivity index (χ0v) is 9.83. The summed E-state index contributed by atoms with van der Waals surface area (Å²) in [5.41, 5.74) is 2.84. The number of hydrogen-bond donors (Lipinski definition) is 2. The summed E-state index contributed by atoms with van der Waals surface area (Å²) in [6.45, 7) is 10.3. The first-order valence-corrected chi connectivity index (χ1v) is 4.83. The Balaban J connectivity index is 3.77. The van der Waals surface area contributed by atoms with Crippen molar-refractivity contribution in [2.24, 2.45) is 10.5 Å². The third kappa shape index (κ3) is 9.27. The van der Waals surface area contributed by atoms with Gasteiger partial charge in [0.25, 0.3) is 0 Å². The zero-order chi connectivity index (χ0) is 10.5. The Labute approximate surface area is 86.0 Å². The van der Waals surface area contributed by atoms with Gasteiger partial charge in [-0.1, -0.05) is 20.8 Å². The summed E-state index contributed by atoms with van der Waals surface area (Å²) in [6, 6.07) is 0.338. The number of rotatable bonds is 2. The third-order valence-electron chi connectivity index (χ3n) is 1.04. The molecule has 0 aromatic carbocycles. The Morgan fingerprint density at radius 1 is 1.38 bits per heavy atom. The smallest absolute Gasteiger partial charge is 0.187 e. The van der Waals surface area contributed by atoms with Crippen LogP contribution in [0.1, 0.15) is 34.6 Å². The number of thiocarbonyl (C=S) groups is 1. The van der Waals surface area contributed by atoms with E-state index in [1.54, 1.807) is 0 Å². The molecule has 0 spiro atoms. The molecule has 0 aromatic heterocycles. The van der Waals surface area contributed by atoms with Crippen LogP contribution in [-0.2, 0) is 0 Å². The van der Waals surface area contributed by atoms with Gasteiger partial charge in [0, 0.05) is 12.3 Å². The molecule has 2 N–H and O–H groups in total. The van der Waals surface area contributed by atoms with Crippen LogP contribution in [0.15, 0.2) is 5.10 Å². The lowest BCUT2D eigenvalue weighted by Crippen LogP contribution is -2.37. The quantitative estimate of drug-likeness (QED) is 0.407. The lowest BCUT2D eigenvalue weighted by Gasteiger charge is -2.12. The van der Waals surface area contributed by atoms with Gasteiger partial charge in [0.1, 0.15) is 0 Å². The molecule has 0 aliphatic carbocycles. The normalized spacial score (nSPS) is 12.2. The van der Waals surface area contributed by atoms with Crippen molar-refractivity contribution < 1.29 is 0 Å². The van der Waals surface area contributed by atoms with Gasteiger partial charge in [0.15, 0.2) is 5.11 Å². The third-order valence-corrected chi connectivity index (χ3v) is 1.25. The molecule has 0 heterocycles. The molecule has 0 saturated heterocycles. The monoisotopic (exact) mass is 201 g/mol. The summed E-state index contributed by atoms with van der Waals surface area (Å²) in [5, 5.41) is 7.62. The van der Waals surface area contributed by atoms with E-state index in [-0.39, 0.29) is 5.41 Å². The average molecular weight is 201 g/mol. The maximum absolute atomic E-state index is 4.98. The maximum atomic E-state index is 4.98. The molecule has 0 atom stereocenters. The van der Waals surface area contributed by atoms with E-state index in [1.165, 1.54) is 0 Å². The van der Waals surface area contributed by atoms with E-state index >= 15 is 0 Å². The minimum atomic E-state index is 0.0838. The van der Waals surface area contributed by atoms with Crippen LogP contribution in [0.5, 0.6) is 0 Å². The molecule has 76 valence electrons. The highest BCUT2D eigenvalue weighted by atomic mass is 32.1. The van der Waals surface area contributed by atoms with Gasteiger partial charge in [0.2, 0.25) is 0 Å². The topological polar surface area (TPSA) is 36.4 Å². The van der Waals surface area contributed by atoms with E-state index < -0.39 is 0 Å². The van der Waals surface area contributed by atoms with E-state index in [0.717, 1.165) is 0 Å². The van der Waals surface area contributed by atoms with Gasteiger partial charge in [-0.25, -0.2) is 0 Å². The Morgan fingerprint density at radius 2 is 1.92 bits per heavy atom. The number of hydrogen-bond acceptors (Lipinski definition) is 2. The fourth-order valence-electron chi connectivity index (χ4n) is 0.579. The minimum Gasteiger partial charge on any atom is -0.359 e. The Hall–Kier alpha value is -0.640. The summed E-state index contributed by atoms with van der Waals surface area (Å²) < 4.78 is 0. The van der Waals surface area contributed by atoms with Crippen LogP contribution in [0.4, 0.5) is 0 Å². The predicted octanol–water partition coefficient (Wildman–Crippen LogP) is 1.89. The van der Waals surface area contributed by atoms with Crippen molar-refractivity contribution in [1.29, 1.82) is 0 Å². The Morgan fingerprint density at radius 3 is 2.31 bits per heavy atom. The highest BCUT2D eigenvalue weighted by Crippen LogP contribution is 2.07. The highest BCUT2D eigenvalue weighted by molar-refractivity contribution is 7.80. The second-order valence-electron chi connectivity index (χ2n) is 4.36. The molecular formula is C9H19N3S. The summed E-state index contributed by atoms with van der Waals surface area (Å²) in [7, 11) is 0. The summed E-state index contributed by atoms with van der Waals surface area (Å²) in [5.74, 6) is 0. The van der Waals surface area contributed by atoms with E-state index in [4.69, 9.17) is 12.2 Å². The van der Waals surface area contributed by atoms with Gasteiger partial charge in [0.05, 0.1) is 0 Å². The molecule has 0 fully saturated rings. The standard InChI is InChI=1S/C9H19N3S/c1-7(2)11-8(13)12-10-6-9(3,4)5/h6-7H,1-5H3,(H2,11,12,13)/b10-6+. The molecule has 0 aliphatic heterocycles. The lowest BCUT2D eigenvalue weighted by atomic mass is 9.99. The second-order valence-corrected chi connectivity index (χ2v) is 4.77. The van der Waals surface area contributed by atoms with Gasteiger partial charge >= 0.3 is 0 Å². The molecule has 0 amide bonds. The molecule has 3 nitrogen and oxygen atoms in total. The largest absolute Gasteiger partial charge is 0.359 e. The Bertz CT molecular complexity index is 192. The number of hydrazone groups is 1. The number of nitrogens with one attached hydrogen (secondary N) is 2. The van der Waals surface area contributed by atoms with Gasteiger partial charge in [-0.05, 0) is 31.5 Å². The molecule has 0 saturated carbocycles. The van der Waals surface area contributed by atoms with Crippen molar-refractivity contribution in [1.82, 2.24) is 10.7 Å². The van der Waals surface area contributed by atoms with Crippen molar-refractivity contribution in [3.05, 3.63) is 0 Å². The first kappa shape index (κ1) is 12.4. The van der Waals surface area contributed by atoms with Crippen molar-refractivity contribution in [3.63, 3.8) is 0 Å². The molecule has 13 heavy (non-hydrogen) atoms. The van der Waals surface area contributed by atoms with Crippen molar-refractivity contribution in [2.45, 2.75) is 40.7 Å². The second kappa shape index (κ2) is 5.17. The highest BCUT2D eigenvalue weighted by Gasteiger charge is 2.04. The van der Waals surface area contributed by atoms with Crippen LogP contribution >= 0.6 is 12.2 Å². The predicted molar refractivity (Wildman–Crippen MR) is 62.0 cm³/mol. The van der Waals surface area contributed by atoms with Crippen molar-refractivity contribution in [3.8, 4) is 0 Å². The summed E-state index contributed by atoms with van der Waals surface area (Å²) >= 11 is 4.98. The molecule has 0 rings (SSSR count). The van der Waals surface area contributed by atoms with Gasteiger partial charge in [-0.15, -0.1) is 0 Å². The Kier molecular flexibility index (Phi) is 4.91. The molecule has 0 aromatic rings. The van der Waals surface area contributed by atoms with Crippen LogP contribution in [0.25, 0.3) is 0 Å². The van der Waals surface area contributed by atoms with Gasteiger partial charge in [-0.2, -0.15) is 5.10 Å². The van der Waals surface area contributed by atoms with E-state index in [2.05, 4.69) is 36.6 Å². The molecule has 0 radical (unpaired) electrons. The van der Waals surface area contributed by atoms with Crippen molar-refractivity contribution in [2.75, 3.05) is 0 Å². The van der Waals surface area contributed by atoms with E-state index in [9.17, 15) is 0 Å². The lowest BCUT2D eigenvalue weighted by molar-refractivity contribution is 0.602. The maximum Gasteiger partial charge on any atom is 0.187 e. The van der Waals surface area contributed by atoms with Crippen LogP contribution in [0.2, 0.25) is 0 Å². The van der Waals surface area contributed by atoms with E-state index in [1.807, 2.05) is 20.1 Å². The molecule has 0 unspecified atom stereocenters. The van der Waals surface area contributed by atoms with Gasteiger partial charge in [-0.3, -0.25) is 5.43 Å². The zero-order valence-electron chi connectivity index (χ0n) is 9.01. The van der Waals surface area contributed by atoms with E-state index in [0.29, 0.717) is 11.2 Å². The average Bonchev–Trinajstić information content (AvgIpc) is 1.81. The molecule has 0 bridgehead atoms.